The van der Waals surface area contributed by atoms with Crippen molar-refractivity contribution >= 4 is 35.0 Å². The summed E-state index contributed by atoms with van der Waals surface area (Å²) in [5, 5.41) is 16.4. The molecule has 8 heteroatoms. The zero-order valence-electron chi connectivity index (χ0n) is 20.2. The molecule has 3 amide bonds. The summed E-state index contributed by atoms with van der Waals surface area (Å²) in [6.45, 7) is 2.14. The van der Waals surface area contributed by atoms with Crippen LogP contribution in [0.5, 0.6) is 5.75 Å². The van der Waals surface area contributed by atoms with Gasteiger partial charge in [-0.1, -0.05) is 60.1 Å². The Hall–Kier alpha value is -3.68. The van der Waals surface area contributed by atoms with Crippen molar-refractivity contribution in [3.8, 4) is 5.75 Å². The number of anilines is 1. The second-order valence-electron chi connectivity index (χ2n) is 10.1. The first-order valence-corrected chi connectivity index (χ1v) is 12.7. The van der Waals surface area contributed by atoms with E-state index in [-0.39, 0.29) is 30.0 Å². The van der Waals surface area contributed by atoms with Gasteiger partial charge in [0.2, 0.25) is 17.7 Å². The molecule has 0 aromatic heterocycles. The van der Waals surface area contributed by atoms with Crippen molar-refractivity contribution < 1.29 is 19.5 Å². The topological polar surface area (TPSA) is 98.7 Å². The van der Waals surface area contributed by atoms with Gasteiger partial charge in [0.05, 0.1) is 22.5 Å². The molecule has 2 saturated heterocycles. The number of imide groups is 1. The largest absolute Gasteiger partial charge is 0.508 e. The minimum absolute atomic E-state index is 0.144. The summed E-state index contributed by atoms with van der Waals surface area (Å²) >= 11 is 6.51. The van der Waals surface area contributed by atoms with Crippen LogP contribution in [0.2, 0.25) is 5.02 Å². The maximum Gasteiger partial charge on any atom is 0.250 e. The Morgan fingerprint density at radius 1 is 0.973 bits per heavy atom. The number of carbonyl (C=O) groups is 3. The molecule has 6 rings (SSSR count). The molecule has 0 radical (unpaired) electrons. The van der Waals surface area contributed by atoms with E-state index in [9.17, 15) is 19.5 Å². The number of hydrogen-bond donors (Lipinski definition) is 3. The molecule has 3 aromatic carbocycles. The normalized spacial score (nSPS) is 26.1. The lowest BCUT2D eigenvalue weighted by Crippen LogP contribution is -2.53. The van der Waals surface area contributed by atoms with Crippen molar-refractivity contribution in [2.45, 2.75) is 31.3 Å². The number of rotatable bonds is 5. The van der Waals surface area contributed by atoms with Crippen molar-refractivity contribution in [3.05, 3.63) is 94.0 Å². The summed E-state index contributed by atoms with van der Waals surface area (Å²) in [7, 11) is 0. The SMILES string of the molecule is Cc1cc(Cl)c2c(c1)[C@@]1(N[C@@H](Cc3ccc(O)cc3)[C@H]3C(=O)N(CCc4ccccc4)C(=O)[C@@H]31)C(=O)N2. The first-order valence-electron chi connectivity index (χ1n) is 12.4. The quantitative estimate of drug-likeness (QED) is 0.451. The lowest BCUT2D eigenvalue weighted by molar-refractivity contribution is -0.142. The Morgan fingerprint density at radius 3 is 2.43 bits per heavy atom. The fourth-order valence-corrected chi connectivity index (χ4v) is 6.54. The van der Waals surface area contributed by atoms with Gasteiger partial charge < -0.3 is 10.4 Å². The lowest BCUT2D eigenvalue weighted by atomic mass is 9.76. The van der Waals surface area contributed by atoms with Gasteiger partial charge in [0, 0.05) is 18.2 Å². The van der Waals surface area contributed by atoms with Crippen LogP contribution < -0.4 is 10.6 Å². The number of amides is 3. The van der Waals surface area contributed by atoms with E-state index in [0.717, 1.165) is 16.7 Å². The first-order chi connectivity index (χ1) is 17.8. The predicted octanol–water partition coefficient (Wildman–Crippen LogP) is 3.56. The number of halogens is 1. The van der Waals surface area contributed by atoms with Crippen LogP contribution in [0.3, 0.4) is 0 Å². The van der Waals surface area contributed by atoms with Gasteiger partial charge >= 0.3 is 0 Å². The molecule has 2 fully saturated rings. The molecule has 0 aliphatic carbocycles. The summed E-state index contributed by atoms with van der Waals surface area (Å²) in [4.78, 5) is 42.8. The van der Waals surface area contributed by atoms with Crippen molar-refractivity contribution in [1.82, 2.24) is 10.2 Å². The van der Waals surface area contributed by atoms with Crippen LogP contribution in [-0.4, -0.2) is 40.3 Å². The molecular weight excluding hydrogens is 490 g/mol. The standard InChI is InChI=1S/C29H26ClN3O4/c1-16-13-20-25(21(30)14-16)31-28(37)29(20)24-23(22(32-29)15-18-7-9-19(34)10-8-18)26(35)33(27(24)36)12-11-17-5-3-2-4-6-17/h2-10,13-14,22-24,32,34H,11-12,15H2,1H3,(H,31,37)/t22-,23+,24+,29-/m0/s1. The molecule has 3 N–H and O–H groups in total. The van der Waals surface area contributed by atoms with Crippen LogP contribution in [0.4, 0.5) is 5.69 Å². The molecule has 4 atom stereocenters. The van der Waals surface area contributed by atoms with Crippen molar-refractivity contribution in [3.63, 3.8) is 0 Å². The summed E-state index contributed by atoms with van der Waals surface area (Å²) in [6, 6.07) is 19.6. The molecule has 188 valence electrons. The Balaban J connectivity index is 1.42. The van der Waals surface area contributed by atoms with Gasteiger partial charge in [-0.05, 0) is 54.7 Å². The second-order valence-corrected chi connectivity index (χ2v) is 10.5. The smallest absolute Gasteiger partial charge is 0.250 e. The summed E-state index contributed by atoms with van der Waals surface area (Å²) < 4.78 is 0. The van der Waals surface area contributed by atoms with Crippen molar-refractivity contribution in [1.29, 1.82) is 0 Å². The summed E-state index contributed by atoms with van der Waals surface area (Å²) in [5.41, 5.74) is 2.46. The third kappa shape index (κ3) is 3.64. The number of phenols is 1. The van der Waals surface area contributed by atoms with Crippen LogP contribution in [0.1, 0.15) is 22.3 Å². The Kier molecular flexibility index (Phi) is 5.58. The number of hydrogen-bond acceptors (Lipinski definition) is 5. The van der Waals surface area contributed by atoms with E-state index in [4.69, 9.17) is 11.6 Å². The number of carbonyl (C=O) groups excluding carboxylic acids is 3. The average Bonchev–Trinajstić information content (AvgIpc) is 3.45. The Bertz CT molecular complexity index is 1430. The third-order valence-electron chi connectivity index (χ3n) is 7.87. The molecular formula is C29H26ClN3O4. The Labute approximate surface area is 219 Å². The van der Waals surface area contributed by atoms with Crippen LogP contribution in [0.15, 0.2) is 66.7 Å². The average molecular weight is 516 g/mol. The fourth-order valence-electron chi connectivity index (χ4n) is 6.22. The van der Waals surface area contributed by atoms with Crippen LogP contribution >= 0.6 is 11.6 Å². The third-order valence-corrected chi connectivity index (χ3v) is 8.17. The van der Waals surface area contributed by atoms with Gasteiger partial charge in [-0.25, -0.2) is 0 Å². The molecule has 0 bridgehead atoms. The summed E-state index contributed by atoms with van der Waals surface area (Å²) in [5.74, 6) is -2.44. The van der Waals surface area contributed by atoms with Crippen molar-refractivity contribution in [2.75, 3.05) is 11.9 Å². The molecule has 3 aliphatic heterocycles. The van der Waals surface area contributed by atoms with E-state index < -0.39 is 23.4 Å². The number of fused-ring (bicyclic) bond motifs is 4. The molecule has 1 spiro atoms. The number of phenolic OH excluding ortho intramolecular Hbond substituents is 1. The zero-order chi connectivity index (χ0) is 25.9. The number of likely N-dealkylation sites (tertiary alicyclic amines) is 1. The maximum absolute atomic E-state index is 14.0. The van der Waals surface area contributed by atoms with Crippen molar-refractivity contribution in [2.24, 2.45) is 11.8 Å². The molecule has 0 unspecified atom stereocenters. The number of nitrogens with zero attached hydrogens (tertiary/aromatic N) is 1. The Morgan fingerprint density at radius 2 is 1.70 bits per heavy atom. The van der Waals surface area contributed by atoms with Gasteiger partial charge in [-0.2, -0.15) is 0 Å². The number of aryl methyl sites for hydroxylation is 1. The van der Waals surface area contributed by atoms with Gasteiger partial charge in [-0.15, -0.1) is 0 Å². The molecule has 3 heterocycles. The minimum Gasteiger partial charge on any atom is -0.508 e. The highest BCUT2D eigenvalue weighted by molar-refractivity contribution is 6.35. The minimum atomic E-state index is -1.40. The second kappa shape index (κ2) is 8.71. The predicted molar refractivity (Wildman–Crippen MR) is 139 cm³/mol. The van der Waals surface area contributed by atoms with E-state index in [0.29, 0.717) is 29.1 Å². The van der Waals surface area contributed by atoms with Gasteiger partial charge in [-0.3, -0.25) is 24.6 Å². The van der Waals surface area contributed by atoms with Gasteiger partial charge in [0.25, 0.3) is 0 Å². The van der Waals surface area contributed by atoms with Gasteiger partial charge in [0.15, 0.2) is 0 Å². The molecule has 7 nitrogen and oxygen atoms in total. The van der Waals surface area contributed by atoms with Crippen LogP contribution in [0, 0.1) is 18.8 Å². The summed E-state index contributed by atoms with van der Waals surface area (Å²) in [6.07, 6.45) is 0.950. The van der Waals surface area contributed by atoms with E-state index in [1.807, 2.05) is 43.3 Å². The van der Waals surface area contributed by atoms with E-state index in [1.165, 1.54) is 4.90 Å². The number of benzene rings is 3. The highest BCUT2D eigenvalue weighted by atomic mass is 35.5. The first kappa shape index (κ1) is 23.7. The fraction of sp³-hybridized carbons (Fsp3) is 0.276. The highest BCUT2D eigenvalue weighted by Gasteiger charge is 2.70. The van der Waals surface area contributed by atoms with Gasteiger partial charge in [0.1, 0.15) is 11.3 Å². The van der Waals surface area contributed by atoms with Crippen LogP contribution in [0.25, 0.3) is 0 Å². The number of aromatic hydroxyl groups is 1. The maximum atomic E-state index is 14.0. The zero-order valence-corrected chi connectivity index (χ0v) is 21.0. The molecule has 3 aliphatic rings. The highest BCUT2D eigenvalue weighted by Crippen LogP contribution is 2.54. The van der Waals surface area contributed by atoms with Crippen LogP contribution in [-0.2, 0) is 32.8 Å². The monoisotopic (exact) mass is 515 g/mol. The molecule has 37 heavy (non-hydrogen) atoms. The van der Waals surface area contributed by atoms with E-state index in [2.05, 4.69) is 10.6 Å². The lowest BCUT2D eigenvalue weighted by Gasteiger charge is -2.30. The molecule has 0 saturated carbocycles. The molecule has 3 aromatic rings. The van der Waals surface area contributed by atoms with E-state index in [1.54, 1.807) is 30.3 Å². The number of nitrogens with one attached hydrogen (secondary N) is 2. The van der Waals surface area contributed by atoms with E-state index >= 15 is 0 Å².